The second kappa shape index (κ2) is 13.7. The van der Waals surface area contributed by atoms with Crippen molar-refractivity contribution in [1.82, 2.24) is 0 Å². The Morgan fingerprint density at radius 2 is 1.21 bits per heavy atom. The van der Waals surface area contributed by atoms with Gasteiger partial charge in [-0.2, -0.15) is 0 Å². The van der Waals surface area contributed by atoms with Gasteiger partial charge < -0.3 is 0 Å². The normalized spacial score (nSPS) is 22.2. The predicted octanol–water partition coefficient (Wildman–Crippen LogP) is 8.53. The van der Waals surface area contributed by atoms with Crippen LogP contribution in [-0.4, -0.2) is 58.8 Å². The number of halogens is 1. The third-order valence-electron chi connectivity index (χ3n) is 10.2. The molecule has 0 saturated heterocycles. The summed E-state index contributed by atoms with van der Waals surface area (Å²) in [6.07, 6.45) is 20.8. The predicted molar refractivity (Wildman–Crippen MR) is 166 cm³/mol. The first-order valence-electron chi connectivity index (χ1n) is 15.3. The first-order valence-corrected chi connectivity index (χ1v) is 21.7. The van der Waals surface area contributed by atoms with Gasteiger partial charge in [0.15, 0.2) is 0 Å². The third kappa shape index (κ3) is 5.90. The van der Waals surface area contributed by atoms with Crippen molar-refractivity contribution in [2.45, 2.75) is 126 Å². The molecule has 0 aromatic heterocycles. The number of aromatic hydroxyl groups is 1. The van der Waals surface area contributed by atoms with Crippen molar-refractivity contribution in [2.75, 3.05) is 27.9 Å². The van der Waals surface area contributed by atoms with Crippen LogP contribution >= 0.6 is 20.8 Å². The summed E-state index contributed by atoms with van der Waals surface area (Å²) in [4.78, 5) is 0. The van der Waals surface area contributed by atoms with Crippen LogP contribution in [0.1, 0.15) is 103 Å². The number of benzene rings is 1. The van der Waals surface area contributed by atoms with Crippen LogP contribution in [0.3, 0.4) is 0 Å². The fraction of sp³-hybridized carbons (Fsp3) is 0.800. The Hall–Kier alpha value is -0.173. The summed E-state index contributed by atoms with van der Waals surface area (Å²) in [5.74, 6) is 1.38. The molecule has 0 amide bonds. The first-order chi connectivity index (χ1) is 18.4. The van der Waals surface area contributed by atoms with E-state index in [4.69, 9.17) is 33.5 Å². The molecule has 3 aliphatic carbocycles. The first kappa shape index (κ1) is 30.8. The van der Waals surface area contributed by atoms with Crippen molar-refractivity contribution < 1.29 is 23.1 Å². The Labute approximate surface area is 240 Å². The standard InChI is InChI=1S/C30H52BrO5PSi/c1-33-38(34-2,35-3)23-13-22-36-29-21-20-25(32)24-30(29)37(31,26-14-7-4-8-15-26,27-16-9-5-10-17-27)28-18-11-6-12-19-28/h20-21,24,26-28,32H,4-19,22-23H2,1-3H3. The molecule has 8 heteroatoms. The van der Waals surface area contributed by atoms with Gasteiger partial charge in [-0.25, -0.2) is 0 Å². The zero-order valence-corrected chi connectivity index (χ0v) is 27.6. The van der Waals surface area contributed by atoms with Crippen molar-refractivity contribution in [3.63, 3.8) is 0 Å². The van der Waals surface area contributed by atoms with E-state index in [1.807, 2.05) is 6.07 Å². The molecule has 38 heavy (non-hydrogen) atoms. The summed E-state index contributed by atoms with van der Waals surface area (Å²) in [5.41, 5.74) is 2.04. The van der Waals surface area contributed by atoms with Gasteiger partial charge in [0.05, 0.1) is 0 Å². The number of hydrogen-bond acceptors (Lipinski definition) is 5. The van der Waals surface area contributed by atoms with Gasteiger partial charge in [-0.05, 0) is 0 Å². The fourth-order valence-corrected chi connectivity index (χ4v) is 22.8. The molecule has 1 aromatic rings. The van der Waals surface area contributed by atoms with Crippen LogP contribution in [-0.2, 0) is 13.3 Å². The van der Waals surface area contributed by atoms with E-state index < -0.39 is 14.1 Å². The molecule has 4 rings (SSSR count). The minimum absolute atomic E-state index is 0.382. The average molecular weight is 632 g/mol. The monoisotopic (exact) mass is 630 g/mol. The van der Waals surface area contributed by atoms with E-state index in [-0.39, 0.29) is 0 Å². The van der Waals surface area contributed by atoms with Gasteiger partial charge in [0.2, 0.25) is 0 Å². The van der Waals surface area contributed by atoms with Gasteiger partial charge in [-0.15, -0.1) is 0 Å². The quantitative estimate of drug-likeness (QED) is 0.142. The zero-order valence-electron chi connectivity index (χ0n) is 24.1. The zero-order chi connectivity index (χ0) is 27.1. The van der Waals surface area contributed by atoms with Crippen molar-refractivity contribution in [2.24, 2.45) is 0 Å². The van der Waals surface area contributed by atoms with Gasteiger partial charge >= 0.3 is 241 Å². The molecule has 218 valence electrons. The summed E-state index contributed by atoms with van der Waals surface area (Å²) >= 11 is 4.93. The SMILES string of the molecule is CO[Si](CCCOc1ccc(O)cc1P(Br)(C1CCCCC1)(C1CCCCC1)C1CCCCC1)(OC)OC. The summed E-state index contributed by atoms with van der Waals surface area (Å²) in [5, 5.41) is 9.61. The van der Waals surface area contributed by atoms with Gasteiger partial charge in [0, 0.05) is 0 Å². The summed E-state index contributed by atoms with van der Waals surface area (Å²) in [6.45, 7) is 0.585. The summed E-state index contributed by atoms with van der Waals surface area (Å²) in [6, 6.07) is 6.75. The third-order valence-corrected chi connectivity index (χ3v) is 26.8. The number of phenolic OH excluding ortho intramolecular Hbond substituents is 1. The van der Waals surface area contributed by atoms with Gasteiger partial charge in [-0.3, -0.25) is 0 Å². The molecule has 0 bridgehead atoms. The Balaban J connectivity index is 1.77. The average Bonchev–Trinajstić information content (AvgIpc) is 2.99. The van der Waals surface area contributed by atoms with Crippen LogP contribution < -0.4 is 10.0 Å². The molecule has 1 aromatic carbocycles. The molecule has 0 heterocycles. The number of ether oxygens (including phenoxy) is 1. The maximum absolute atomic E-state index is 11.0. The van der Waals surface area contributed by atoms with E-state index in [0.29, 0.717) is 29.3 Å². The molecular weight excluding hydrogens is 579 g/mol. The van der Waals surface area contributed by atoms with Crippen LogP contribution in [0.4, 0.5) is 0 Å². The van der Waals surface area contributed by atoms with Crippen LogP contribution in [0.5, 0.6) is 11.5 Å². The molecule has 3 saturated carbocycles. The Morgan fingerprint density at radius 1 is 0.763 bits per heavy atom. The second-order valence-corrected chi connectivity index (χ2v) is 24.9. The molecule has 3 aliphatic rings. The molecule has 0 aliphatic heterocycles. The molecule has 5 nitrogen and oxygen atoms in total. The maximum atomic E-state index is 11.0. The second-order valence-electron chi connectivity index (χ2n) is 12.0. The van der Waals surface area contributed by atoms with Crippen molar-refractivity contribution in [1.29, 1.82) is 0 Å². The number of rotatable bonds is 12. The van der Waals surface area contributed by atoms with Crippen molar-refractivity contribution >= 4 is 34.9 Å². The molecule has 1 N–H and O–H groups in total. The molecule has 0 unspecified atom stereocenters. The molecule has 0 atom stereocenters. The topological polar surface area (TPSA) is 57.2 Å². The van der Waals surface area contributed by atoms with E-state index in [0.717, 1.165) is 18.2 Å². The van der Waals surface area contributed by atoms with Crippen LogP contribution in [0.15, 0.2) is 18.2 Å². The minimum atomic E-state index is -2.73. The molecular formula is C30H52BrO5PSi. The van der Waals surface area contributed by atoms with E-state index in [9.17, 15) is 5.11 Å². The van der Waals surface area contributed by atoms with Crippen LogP contribution in [0.2, 0.25) is 6.04 Å². The number of phenols is 1. The molecule has 0 radical (unpaired) electrons. The van der Waals surface area contributed by atoms with Gasteiger partial charge in [-0.1, -0.05) is 0 Å². The van der Waals surface area contributed by atoms with E-state index >= 15 is 0 Å². The van der Waals surface area contributed by atoms with Crippen molar-refractivity contribution in [3.05, 3.63) is 18.2 Å². The molecule has 3 fully saturated rings. The number of hydrogen-bond donors (Lipinski definition) is 1. The van der Waals surface area contributed by atoms with E-state index in [1.165, 1.54) is 102 Å². The van der Waals surface area contributed by atoms with E-state index in [1.54, 1.807) is 21.3 Å². The molecule has 0 spiro atoms. The Bertz CT molecular complexity index is 823. The van der Waals surface area contributed by atoms with E-state index in [2.05, 4.69) is 12.1 Å². The van der Waals surface area contributed by atoms with Crippen LogP contribution in [0.25, 0.3) is 0 Å². The van der Waals surface area contributed by atoms with Gasteiger partial charge in [0.25, 0.3) is 0 Å². The Morgan fingerprint density at radius 3 is 1.63 bits per heavy atom. The summed E-state index contributed by atoms with van der Waals surface area (Å²) in [7, 11) is 2.38. The van der Waals surface area contributed by atoms with Crippen molar-refractivity contribution in [3.8, 4) is 11.5 Å². The Kier molecular flexibility index (Phi) is 11.1. The summed E-state index contributed by atoms with van der Waals surface area (Å²) < 4.78 is 23.6. The van der Waals surface area contributed by atoms with Gasteiger partial charge in [0.1, 0.15) is 0 Å². The fourth-order valence-electron chi connectivity index (χ4n) is 8.33. The van der Waals surface area contributed by atoms with Crippen LogP contribution in [0, 0.1) is 0 Å².